The minimum Gasteiger partial charge on any atom is -0.493 e. The highest BCUT2D eigenvalue weighted by molar-refractivity contribution is 9.10. The van der Waals surface area contributed by atoms with E-state index in [0.29, 0.717) is 11.4 Å². The van der Waals surface area contributed by atoms with Crippen molar-refractivity contribution in [3.8, 4) is 5.75 Å². The van der Waals surface area contributed by atoms with Crippen LogP contribution in [0.25, 0.3) is 0 Å². The number of benzene rings is 1. The van der Waals surface area contributed by atoms with E-state index in [2.05, 4.69) is 57.8 Å². The molecule has 1 nitrogen and oxygen atoms in total. The smallest absolute Gasteiger partial charge is 0.133 e. The summed E-state index contributed by atoms with van der Waals surface area (Å²) in [7, 11) is 0. The van der Waals surface area contributed by atoms with Crippen LogP contribution < -0.4 is 4.74 Å². The fraction of sp³-hybridized carbons (Fsp3) is 0.571. The lowest BCUT2D eigenvalue weighted by Gasteiger charge is -2.16. The van der Waals surface area contributed by atoms with E-state index in [-0.39, 0.29) is 0 Å². The third-order valence-electron chi connectivity index (χ3n) is 2.92. The van der Waals surface area contributed by atoms with Gasteiger partial charge in [-0.3, -0.25) is 0 Å². The third kappa shape index (κ3) is 4.63. The summed E-state index contributed by atoms with van der Waals surface area (Å²) in [6.07, 6.45) is 2.39. The molecule has 0 aliphatic rings. The van der Waals surface area contributed by atoms with Gasteiger partial charge in [0.05, 0.1) is 11.1 Å². The van der Waals surface area contributed by atoms with E-state index in [0.717, 1.165) is 22.6 Å². The molecule has 0 amide bonds. The first kappa shape index (κ1) is 15.0. The van der Waals surface area contributed by atoms with Crippen LogP contribution in [0.5, 0.6) is 5.75 Å². The predicted molar refractivity (Wildman–Crippen MR) is 81.1 cm³/mol. The van der Waals surface area contributed by atoms with Crippen molar-refractivity contribution in [2.75, 3.05) is 6.61 Å². The Balaban J connectivity index is 2.75. The first-order chi connectivity index (χ1) is 8.08. The van der Waals surface area contributed by atoms with Crippen LogP contribution in [0.2, 0.25) is 0 Å². The number of halogens is 2. The van der Waals surface area contributed by atoms with Crippen molar-refractivity contribution in [3.05, 3.63) is 28.2 Å². The molecule has 0 bridgehead atoms. The van der Waals surface area contributed by atoms with Gasteiger partial charge in [-0.2, -0.15) is 0 Å². The van der Waals surface area contributed by atoms with Crippen molar-refractivity contribution >= 4 is 31.9 Å². The summed E-state index contributed by atoms with van der Waals surface area (Å²) in [5.41, 5.74) is 1.31. The summed E-state index contributed by atoms with van der Waals surface area (Å²) in [5, 5.41) is 0. The normalized spacial score (nSPS) is 14.4. The molecule has 0 N–H and O–H groups in total. The van der Waals surface area contributed by atoms with Gasteiger partial charge in [0.25, 0.3) is 0 Å². The van der Waals surface area contributed by atoms with E-state index in [4.69, 9.17) is 4.74 Å². The Morgan fingerprint density at radius 1 is 1.29 bits per heavy atom. The molecule has 0 saturated heterocycles. The van der Waals surface area contributed by atoms with Crippen molar-refractivity contribution in [3.63, 3.8) is 0 Å². The van der Waals surface area contributed by atoms with Crippen LogP contribution in [0.4, 0.5) is 0 Å². The van der Waals surface area contributed by atoms with E-state index in [1.807, 2.05) is 13.0 Å². The molecule has 0 aliphatic carbocycles. The highest BCUT2D eigenvalue weighted by Gasteiger charge is 2.13. The van der Waals surface area contributed by atoms with Crippen molar-refractivity contribution in [2.24, 2.45) is 5.92 Å². The van der Waals surface area contributed by atoms with E-state index in [9.17, 15) is 0 Å². The molecule has 0 spiro atoms. The minimum absolute atomic E-state index is 0.421. The van der Waals surface area contributed by atoms with E-state index < -0.39 is 0 Å². The maximum atomic E-state index is 5.51. The Morgan fingerprint density at radius 3 is 2.53 bits per heavy atom. The third-order valence-corrected chi connectivity index (χ3v) is 4.45. The lowest BCUT2D eigenvalue weighted by atomic mass is 9.99. The second-order valence-electron chi connectivity index (χ2n) is 4.34. The summed E-state index contributed by atoms with van der Waals surface area (Å²) >= 11 is 7.32. The molecule has 1 aromatic rings. The molecule has 1 aromatic carbocycles. The van der Waals surface area contributed by atoms with Crippen LogP contribution in [0.3, 0.4) is 0 Å². The van der Waals surface area contributed by atoms with Gasteiger partial charge >= 0.3 is 0 Å². The topological polar surface area (TPSA) is 9.23 Å². The zero-order valence-electron chi connectivity index (χ0n) is 10.7. The zero-order valence-corrected chi connectivity index (χ0v) is 13.8. The van der Waals surface area contributed by atoms with Crippen LogP contribution in [-0.4, -0.2) is 6.61 Å². The summed E-state index contributed by atoms with van der Waals surface area (Å²) in [6.45, 7) is 7.22. The molecule has 17 heavy (non-hydrogen) atoms. The summed E-state index contributed by atoms with van der Waals surface area (Å²) in [6, 6.07) is 6.32. The quantitative estimate of drug-likeness (QED) is 0.587. The molecule has 0 fully saturated rings. The molecule has 0 radical (unpaired) electrons. The van der Waals surface area contributed by atoms with Gasteiger partial charge in [-0.25, -0.2) is 0 Å². The largest absolute Gasteiger partial charge is 0.493 e. The van der Waals surface area contributed by atoms with Gasteiger partial charge in [-0.1, -0.05) is 42.3 Å². The monoisotopic (exact) mass is 362 g/mol. The van der Waals surface area contributed by atoms with Crippen LogP contribution in [0, 0.1) is 5.92 Å². The molecule has 2 atom stereocenters. The highest BCUT2D eigenvalue weighted by atomic mass is 79.9. The number of alkyl halides is 1. The molecule has 3 heteroatoms. The van der Waals surface area contributed by atoms with Crippen LogP contribution in [-0.2, 0) is 0 Å². The van der Waals surface area contributed by atoms with Gasteiger partial charge in [-0.05, 0) is 52.9 Å². The summed E-state index contributed by atoms with van der Waals surface area (Å²) in [4.78, 5) is 0.421. The van der Waals surface area contributed by atoms with Gasteiger partial charge in [0.15, 0.2) is 0 Å². The van der Waals surface area contributed by atoms with Crippen molar-refractivity contribution < 1.29 is 4.74 Å². The Labute approximate surface area is 121 Å². The van der Waals surface area contributed by atoms with Gasteiger partial charge in [0, 0.05) is 4.83 Å². The second kappa shape index (κ2) is 7.42. The van der Waals surface area contributed by atoms with E-state index in [1.54, 1.807) is 0 Å². The molecule has 0 aliphatic heterocycles. The second-order valence-corrected chi connectivity index (χ2v) is 6.30. The zero-order chi connectivity index (χ0) is 12.8. The molecule has 0 heterocycles. The van der Waals surface area contributed by atoms with Crippen LogP contribution in [0.15, 0.2) is 22.7 Å². The maximum Gasteiger partial charge on any atom is 0.133 e. The molecule has 1 rings (SSSR count). The SMILES string of the molecule is CCOc1ccc(C(Br)CC(C)CC)cc1Br. The standard InChI is InChI=1S/C14H20Br2O/c1-4-10(3)8-12(15)11-6-7-14(17-5-2)13(16)9-11/h6-7,9-10,12H,4-5,8H2,1-3H3. The fourth-order valence-corrected chi connectivity index (χ4v) is 3.07. The van der Waals surface area contributed by atoms with Gasteiger partial charge in [0.2, 0.25) is 0 Å². The van der Waals surface area contributed by atoms with Gasteiger partial charge < -0.3 is 4.74 Å². The average molecular weight is 364 g/mol. The van der Waals surface area contributed by atoms with Crippen LogP contribution >= 0.6 is 31.9 Å². The molecular weight excluding hydrogens is 344 g/mol. The van der Waals surface area contributed by atoms with Gasteiger partial charge in [-0.15, -0.1) is 0 Å². The molecule has 2 unspecified atom stereocenters. The summed E-state index contributed by atoms with van der Waals surface area (Å²) < 4.78 is 6.54. The first-order valence-electron chi connectivity index (χ1n) is 6.14. The lowest BCUT2D eigenvalue weighted by molar-refractivity contribution is 0.338. The number of hydrogen-bond donors (Lipinski definition) is 0. The van der Waals surface area contributed by atoms with Crippen LogP contribution in [0.1, 0.15) is 44.0 Å². The Hall–Kier alpha value is -0.0200. The van der Waals surface area contributed by atoms with Crippen molar-refractivity contribution in [2.45, 2.75) is 38.4 Å². The highest BCUT2D eigenvalue weighted by Crippen LogP contribution is 2.35. The van der Waals surface area contributed by atoms with E-state index in [1.165, 1.54) is 12.0 Å². The van der Waals surface area contributed by atoms with Crippen molar-refractivity contribution in [1.82, 2.24) is 0 Å². The Morgan fingerprint density at radius 2 is 2.00 bits per heavy atom. The summed E-state index contributed by atoms with van der Waals surface area (Å²) in [5.74, 6) is 1.66. The molecule has 0 aromatic heterocycles. The number of hydrogen-bond acceptors (Lipinski definition) is 1. The average Bonchev–Trinajstić information content (AvgIpc) is 2.31. The Kier molecular flexibility index (Phi) is 6.57. The maximum absolute atomic E-state index is 5.51. The Bertz CT molecular complexity index is 352. The minimum atomic E-state index is 0.421. The van der Waals surface area contributed by atoms with Gasteiger partial charge in [0.1, 0.15) is 5.75 Å². The lowest BCUT2D eigenvalue weighted by Crippen LogP contribution is -1.99. The van der Waals surface area contributed by atoms with Crippen molar-refractivity contribution in [1.29, 1.82) is 0 Å². The number of ether oxygens (including phenoxy) is 1. The fourth-order valence-electron chi connectivity index (χ4n) is 1.64. The predicted octanol–water partition coefficient (Wildman–Crippen LogP) is 5.72. The number of rotatable bonds is 6. The molecule has 0 saturated carbocycles. The first-order valence-corrected chi connectivity index (χ1v) is 7.85. The molecule has 96 valence electrons. The molecular formula is C14H20Br2O. The van der Waals surface area contributed by atoms with E-state index >= 15 is 0 Å².